The summed E-state index contributed by atoms with van der Waals surface area (Å²) in [5.74, 6) is 1.39. The van der Waals surface area contributed by atoms with E-state index in [2.05, 4.69) is 15.6 Å². The lowest BCUT2D eigenvalue weighted by molar-refractivity contribution is 0.0702. The summed E-state index contributed by atoms with van der Waals surface area (Å²) >= 11 is 0. The molecule has 2 N–H and O–H groups in total. The Morgan fingerprint density at radius 2 is 1.87 bits per heavy atom. The summed E-state index contributed by atoms with van der Waals surface area (Å²) in [6.45, 7) is 12.1. The maximum atomic E-state index is 12.0. The van der Waals surface area contributed by atoms with Crippen LogP contribution in [0.2, 0.25) is 0 Å². The van der Waals surface area contributed by atoms with E-state index in [-0.39, 0.29) is 28.7 Å². The monoisotopic (exact) mass is 463 g/mol. The van der Waals surface area contributed by atoms with E-state index in [1.54, 1.807) is 7.11 Å². The van der Waals surface area contributed by atoms with Crippen LogP contribution < -0.4 is 10.6 Å². The van der Waals surface area contributed by atoms with E-state index in [0.717, 1.165) is 18.9 Å². The van der Waals surface area contributed by atoms with Crippen LogP contribution in [0.25, 0.3) is 0 Å². The lowest BCUT2D eigenvalue weighted by Gasteiger charge is -2.18. The summed E-state index contributed by atoms with van der Waals surface area (Å²) in [4.78, 5) is 4.47. The van der Waals surface area contributed by atoms with Crippen molar-refractivity contribution in [1.29, 1.82) is 0 Å². The first-order chi connectivity index (χ1) is 10.4. The molecule has 0 aliphatic carbocycles. The van der Waals surface area contributed by atoms with Crippen LogP contribution in [0.15, 0.2) is 4.99 Å². The van der Waals surface area contributed by atoms with Gasteiger partial charge in [0, 0.05) is 54.7 Å². The van der Waals surface area contributed by atoms with Gasteiger partial charge in [-0.05, 0) is 34.1 Å². The number of aliphatic imine (C=N–C) groups is 1. The van der Waals surface area contributed by atoms with Crippen LogP contribution in [0.1, 0.15) is 34.1 Å². The highest BCUT2D eigenvalue weighted by Gasteiger charge is 2.18. The minimum absolute atomic E-state index is 0. The van der Waals surface area contributed by atoms with Gasteiger partial charge in [-0.25, -0.2) is 0 Å². The molecule has 0 radical (unpaired) electrons. The minimum Gasteiger partial charge on any atom is -0.382 e. The fourth-order valence-electron chi connectivity index (χ4n) is 1.51. The van der Waals surface area contributed by atoms with Gasteiger partial charge < -0.3 is 20.1 Å². The van der Waals surface area contributed by atoms with Crippen molar-refractivity contribution in [3.05, 3.63) is 0 Å². The van der Waals surface area contributed by atoms with Crippen molar-refractivity contribution in [1.82, 2.24) is 10.6 Å². The number of rotatable bonds is 11. The van der Waals surface area contributed by atoms with Gasteiger partial charge in [0.1, 0.15) is 0 Å². The Balaban J connectivity index is 0. The lowest BCUT2D eigenvalue weighted by Crippen LogP contribution is -2.40. The van der Waals surface area contributed by atoms with Gasteiger partial charge in [0.05, 0.1) is 13.2 Å². The molecule has 0 saturated carbocycles. The lowest BCUT2D eigenvalue weighted by atomic mass is 10.3. The third-order valence-corrected chi connectivity index (χ3v) is 4.70. The summed E-state index contributed by atoms with van der Waals surface area (Å²) in [7, 11) is 0.814. The Bertz CT molecular complexity index is 336. The number of hydrogen-bond donors (Lipinski definition) is 2. The SMILES string of the molecule is CCNC(=NCCCOCCOC)NCCS(=O)C(C)(C)C.I. The van der Waals surface area contributed by atoms with Gasteiger partial charge in [-0.1, -0.05) is 0 Å². The van der Waals surface area contributed by atoms with Crippen LogP contribution >= 0.6 is 24.0 Å². The summed E-state index contributed by atoms with van der Waals surface area (Å²) in [6, 6.07) is 0. The molecule has 0 aromatic carbocycles. The zero-order valence-corrected chi connectivity index (χ0v) is 18.3. The topological polar surface area (TPSA) is 72.0 Å². The summed E-state index contributed by atoms with van der Waals surface area (Å²) in [6.07, 6.45) is 0.869. The highest BCUT2D eigenvalue weighted by molar-refractivity contribution is 14.0. The second-order valence-corrected chi connectivity index (χ2v) is 8.13. The maximum Gasteiger partial charge on any atom is 0.191 e. The molecule has 0 aliphatic rings. The molecule has 0 aromatic rings. The summed E-state index contributed by atoms with van der Waals surface area (Å²) in [5, 5.41) is 6.41. The van der Waals surface area contributed by atoms with Crippen LogP contribution in [-0.2, 0) is 20.3 Å². The smallest absolute Gasteiger partial charge is 0.191 e. The quantitative estimate of drug-likeness (QED) is 0.212. The molecule has 1 atom stereocenters. The van der Waals surface area contributed by atoms with Gasteiger partial charge in [-0.15, -0.1) is 24.0 Å². The first-order valence-corrected chi connectivity index (χ1v) is 9.21. The number of guanidine groups is 1. The molecule has 0 bridgehead atoms. The highest BCUT2D eigenvalue weighted by Crippen LogP contribution is 2.10. The predicted octanol–water partition coefficient (Wildman–Crippen LogP) is 1.76. The van der Waals surface area contributed by atoms with Gasteiger partial charge in [0.25, 0.3) is 0 Å². The molecular formula is C15H34IN3O3S. The van der Waals surface area contributed by atoms with E-state index in [4.69, 9.17) is 9.47 Å². The van der Waals surface area contributed by atoms with Crippen molar-refractivity contribution in [2.45, 2.75) is 38.9 Å². The minimum atomic E-state index is -0.847. The number of nitrogens with one attached hydrogen (secondary N) is 2. The van der Waals surface area contributed by atoms with Gasteiger partial charge in [0.2, 0.25) is 0 Å². The zero-order chi connectivity index (χ0) is 16.8. The van der Waals surface area contributed by atoms with Crippen molar-refractivity contribution in [3.63, 3.8) is 0 Å². The van der Waals surface area contributed by atoms with Crippen LogP contribution in [-0.4, -0.2) is 67.2 Å². The summed E-state index contributed by atoms with van der Waals surface area (Å²) < 4.78 is 22.1. The molecule has 0 aromatic heterocycles. The molecule has 0 saturated heterocycles. The number of nitrogens with zero attached hydrogens (tertiary/aromatic N) is 1. The van der Waals surface area contributed by atoms with Crippen molar-refractivity contribution < 1.29 is 13.7 Å². The highest BCUT2D eigenvalue weighted by atomic mass is 127. The number of methoxy groups -OCH3 is 1. The Labute approximate surface area is 161 Å². The normalized spacial score (nSPS) is 13.3. The first-order valence-electron chi connectivity index (χ1n) is 7.89. The molecular weight excluding hydrogens is 429 g/mol. The van der Waals surface area contributed by atoms with Crippen LogP contribution in [0, 0.1) is 0 Å². The van der Waals surface area contributed by atoms with Crippen molar-refractivity contribution in [2.75, 3.05) is 52.3 Å². The molecule has 0 rings (SSSR count). The molecule has 140 valence electrons. The van der Waals surface area contributed by atoms with Gasteiger partial charge in [0.15, 0.2) is 5.96 Å². The van der Waals surface area contributed by atoms with Gasteiger partial charge >= 0.3 is 0 Å². The van der Waals surface area contributed by atoms with Crippen LogP contribution in [0.4, 0.5) is 0 Å². The Morgan fingerprint density at radius 3 is 2.43 bits per heavy atom. The van der Waals surface area contributed by atoms with E-state index in [0.29, 0.717) is 38.7 Å². The molecule has 0 fully saturated rings. The standard InChI is InChI=1S/C15H33N3O3S.HI/c1-6-16-14(17-8-7-10-21-12-11-20-5)18-9-13-22(19)15(2,3)4;/h6-13H2,1-5H3,(H2,16,17,18);1H. The molecule has 0 amide bonds. The Morgan fingerprint density at radius 1 is 1.17 bits per heavy atom. The van der Waals surface area contributed by atoms with E-state index >= 15 is 0 Å². The predicted molar refractivity (Wildman–Crippen MR) is 109 cm³/mol. The molecule has 0 aliphatic heterocycles. The largest absolute Gasteiger partial charge is 0.382 e. The van der Waals surface area contributed by atoms with Crippen LogP contribution in [0.5, 0.6) is 0 Å². The van der Waals surface area contributed by atoms with E-state index in [1.165, 1.54) is 0 Å². The summed E-state index contributed by atoms with van der Waals surface area (Å²) in [5.41, 5.74) is 0. The third kappa shape index (κ3) is 15.3. The fourth-order valence-corrected chi connectivity index (χ4v) is 2.41. The molecule has 23 heavy (non-hydrogen) atoms. The molecule has 6 nitrogen and oxygen atoms in total. The fraction of sp³-hybridized carbons (Fsp3) is 0.933. The molecule has 0 spiro atoms. The van der Waals surface area contributed by atoms with E-state index in [1.807, 2.05) is 27.7 Å². The third-order valence-electron chi connectivity index (χ3n) is 2.76. The zero-order valence-electron chi connectivity index (χ0n) is 15.1. The number of ether oxygens (including phenoxy) is 2. The van der Waals surface area contributed by atoms with Gasteiger partial charge in [-0.3, -0.25) is 9.20 Å². The van der Waals surface area contributed by atoms with E-state index in [9.17, 15) is 4.21 Å². The maximum absolute atomic E-state index is 12.0. The number of hydrogen-bond acceptors (Lipinski definition) is 4. The Hall–Kier alpha value is 0.0700. The second kappa shape index (κ2) is 15.6. The number of halogens is 1. The average Bonchev–Trinajstić information content (AvgIpc) is 2.45. The van der Waals surface area contributed by atoms with Crippen molar-refractivity contribution in [2.24, 2.45) is 4.99 Å². The molecule has 0 heterocycles. The van der Waals surface area contributed by atoms with Gasteiger partial charge in [-0.2, -0.15) is 0 Å². The van der Waals surface area contributed by atoms with Crippen molar-refractivity contribution in [3.8, 4) is 0 Å². The second-order valence-electron chi connectivity index (χ2n) is 5.81. The average molecular weight is 463 g/mol. The Kier molecular flexibility index (Phi) is 17.2. The molecule has 1 unspecified atom stereocenters. The molecule has 8 heteroatoms. The van der Waals surface area contributed by atoms with E-state index < -0.39 is 10.8 Å². The van der Waals surface area contributed by atoms with Crippen molar-refractivity contribution >= 4 is 40.7 Å². The first kappa shape index (κ1) is 25.3. The van der Waals surface area contributed by atoms with Crippen LogP contribution in [0.3, 0.4) is 0 Å².